The number of hydrogen-bond donors (Lipinski definition) is 2. The summed E-state index contributed by atoms with van der Waals surface area (Å²) in [4.78, 5) is 49.8. The zero-order valence-corrected chi connectivity index (χ0v) is 38.2. The Kier molecular flexibility index (Phi) is 14.4. The van der Waals surface area contributed by atoms with Gasteiger partial charge in [-0.25, -0.2) is 15.0 Å². The fourth-order valence-electron chi connectivity index (χ4n) is 7.57. The van der Waals surface area contributed by atoms with E-state index >= 15 is 0 Å². The monoisotopic (exact) mass is 994 g/mol. The maximum Gasteiger partial charge on any atom is 0.254 e. The predicted molar refractivity (Wildman–Crippen MR) is 253 cm³/mol. The average molecular weight is 997 g/mol. The number of nitrogens with zero attached hydrogens (tertiary/aromatic N) is 8. The van der Waals surface area contributed by atoms with Crippen molar-refractivity contribution in [2.45, 2.75) is 12.8 Å². The molecular formula is C46H45Br2ClN10O4. The molecule has 10 rings (SSSR count). The Hall–Kier alpha value is -5.65. The zero-order valence-electron chi connectivity index (χ0n) is 34.3. The van der Waals surface area contributed by atoms with Crippen molar-refractivity contribution in [3.05, 3.63) is 146 Å². The molecule has 0 spiro atoms. The van der Waals surface area contributed by atoms with E-state index in [1.165, 1.54) is 22.5 Å². The Labute approximate surface area is 387 Å². The van der Waals surface area contributed by atoms with Crippen LogP contribution >= 0.6 is 43.5 Å². The highest BCUT2D eigenvalue weighted by atomic mass is 79.9. The number of benzene rings is 4. The molecule has 4 aliphatic heterocycles. The molecule has 0 atom stereocenters. The van der Waals surface area contributed by atoms with E-state index in [0.29, 0.717) is 75.4 Å². The van der Waals surface area contributed by atoms with E-state index in [0.717, 1.165) is 52.2 Å². The SMILES string of the molecule is Clc1nccc(N2CCc3ccc(Br)cc32)n1.Nc1ccc(C(=O)N2CCOCC2)cc1.O=C(c1ccc(Nc2nccc(N3CCc4ccc(Br)cc43)n2)cc1)N1CCOCC1. The highest BCUT2D eigenvalue weighted by Gasteiger charge is 2.24. The summed E-state index contributed by atoms with van der Waals surface area (Å²) >= 11 is 12.9. The Balaban J connectivity index is 0.000000143. The number of halogens is 3. The van der Waals surface area contributed by atoms with Gasteiger partial charge in [0.15, 0.2) is 0 Å². The molecular weight excluding hydrogens is 952 g/mol. The molecule has 6 aromatic rings. The van der Waals surface area contributed by atoms with Gasteiger partial charge in [0.1, 0.15) is 11.6 Å². The highest BCUT2D eigenvalue weighted by molar-refractivity contribution is 9.10. The summed E-state index contributed by atoms with van der Waals surface area (Å²) in [6.45, 7) is 6.87. The maximum atomic E-state index is 12.6. The zero-order chi connectivity index (χ0) is 43.7. The van der Waals surface area contributed by atoms with Crippen molar-refractivity contribution in [3.8, 4) is 0 Å². The summed E-state index contributed by atoms with van der Waals surface area (Å²) in [6, 6.07) is 30.9. The summed E-state index contributed by atoms with van der Waals surface area (Å²) in [5, 5.41) is 3.53. The van der Waals surface area contributed by atoms with Gasteiger partial charge < -0.3 is 40.1 Å². The van der Waals surface area contributed by atoms with Crippen molar-refractivity contribution in [3.63, 3.8) is 0 Å². The van der Waals surface area contributed by atoms with Crippen LogP contribution in [0.1, 0.15) is 31.8 Å². The van der Waals surface area contributed by atoms with Crippen molar-refractivity contribution < 1.29 is 19.1 Å². The molecule has 14 nitrogen and oxygen atoms in total. The molecule has 0 saturated carbocycles. The minimum Gasteiger partial charge on any atom is -0.399 e. The van der Waals surface area contributed by atoms with E-state index in [2.05, 4.69) is 98.3 Å². The first-order chi connectivity index (χ1) is 30.7. The van der Waals surface area contributed by atoms with Crippen molar-refractivity contribution in [2.24, 2.45) is 0 Å². The van der Waals surface area contributed by atoms with Crippen molar-refractivity contribution >= 4 is 95.6 Å². The lowest BCUT2D eigenvalue weighted by Crippen LogP contribution is -2.40. The van der Waals surface area contributed by atoms with E-state index in [4.69, 9.17) is 31.8 Å². The third-order valence-corrected chi connectivity index (χ3v) is 12.0. The van der Waals surface area contributed by atoms with E-state index < -0.39 is 0 Å². The van der Waals surface area contributed by atoms with Gasteiger partial charge in [-0.05, 0) is 120 Å². The number of carbonyl (C=O) groups is 2. The maximum absolute atomic E-state index is 12.6. The summed E-state index contributed by atoms with van der Waals surface area (Å²) in [7, 11) is 0. The van der Waals surface area contributed by atoms with Crippen LogP contribution in [0, 0.1) is 0 Å². The fraction of sp³-hybridized carbons (Fsp3) is 0.261. The second-order valence-electron chi connectivity index (χ2n) is 14.9. The summed E-state index contributed by atoms with van der Waals surface area (Å²) < 4.78 is 12.6. The first-order valence-corrected chi connectivity index (χ1v) is 22.5. The standard InChI is InChI=1S/C23H22BrN5O2.C12H9BrClN3.C11H14N2O2/c24-18-4-1-16-8-10-29(20(16)15-18)21-7-9-25-23(27-21)26-19-5-2-17(3-6-19)22(30)28-11-13-31-14-12-28;13-9-2-1-8-4-6-17(10(8)7-9)11-3-5-15-12(14)16-11;12-10-3-1-9(2-4-10)11(14)13-5-7-15-8-6-13/h1-7,9,15H,8,10-14H2,(H,25,26,27);1-3,5,7H,4,6H2;1-4H,5-8,12H2. The third-order valence-electron chi connectivity index (χ3n) is 10.8. The first-order valence-electron chi connectivity index (χ1n) is 20.6. The summed E-state index contributed by atoms with van der Waals surface area (Å²) in [5.74, 6) is 2.31. The Morgan fingerprint density at radius 2 is 1.08 bits per heavy atom. The molecule has 0 unspecified atom stereocenters. The quantitative estimate of drug-likeness (QED) is 0.122. The van der Waals surface area contributed by atoms with Crippen LogP contribution in [-0.4, -0.2) is 107 Å². The molecule has 63 heavy (non-hydrogen) atoms. The molecule has 4 aliphatic rings. The number of amides is 2. The molecule has 324 valence electrons. The number of aromatic nitrogens is 4. The molecule has 4 aromatic carbocycles. The molecule has 0 radical (unpaired) electrons. The number of hydrogen-bond acceptors (Lipinski definition) is 12. The van der Waals surface area contributed by atoms with Crippen LogP contribution in [0.4, 0.5) is 40.3 Å². The van der Waals surface area contributed by atoms with Gasteiger partial charge in [0, 0.05) is 94.5 Å². The van der Waals surface area contributed by atoms with E-state index in [-0.39, 0.29) is 17.1 Å². The topological polar surface area (TPSA) is 155 Å². The molecule has 3 N–H and O–H groups in total. The first kappa shape index (κ1) is 44.0. The average Bonchev–Trinajstić information content (AvgIpc) is 3.94. The molecule has 2 amide bonds. The number of nitrogen functional groups attached to an aromatic ring is 1. The minimum atomic E-state index is 0.0342. The third kappa shape index (κ3) is 11.1. The normalized spacial score (nSPS) is 15.3. The van der Waals surface area contributed by atoms with Crippen LogP contribution in [0.25, 0.3) is 0 Å². The second-order valence-corrected chi connectivity index (χ2v) is 17.1. The van der Waals surface area contributed by atoms with Crippen LogP contribution < -0.4 is 20.9 Å². The lowest BCUT2D eigenvalue weighted by molar-refractivity contribution is 0.0301. The number of morpholine rings is 2. The number of nitrogens with two attached hydrogens (primary N) is 1. The van der Waals surface area contributed by atoms with E-state index in [9.17, 15) is 9.59 Å². The van der Waals surface area contributed by atoms with Crippen LogP contribution in [0.2, 0.25) is 5.28 Å². The van der Waals surface area contributed by atoms with E-state index in [1.54, 1.807) is 41.6 Å². The van der Waals surface area contributed by atoms with Gasteiger partial charge >= 0.3 is 0 Å². The minimum absolute atomic E-state index is 0.0342. The van der Waals surface area contributed by atoms with Gasteiger partial charge in [-0.2, -0.15) is 4.98 Å². The Morgan fingerprint density at radius 1 is 0.603 bits per heavy atom. The summed E-state index contributed by atoms with van der Waals surface area (Å²) in [6.07, 6.45) is 5.47. The van der Waals surface area contributed by atoms with Crippen LogP contribution in [0.15, 0.2) is 118 Å². The molecule has 2 fully saturated rings. The molecule has 0 bridgehead atoms. The van der Waals surface area contributed by atoms with Gasteiger partial charge in [-0.3, -0.25) is 9.59 Å². The largest absolute Gasteiger partial charge is 0.399 e. The van der Waals surface area contributed by atoms with Crippen molar-refractivity contribution in [1.82, 2.24) is 29.7 Å². The van der Waals surface area contributed by atoms with Crippen LogP contribution in [-0.2, 0) is 22.3 Å². The van der Waals surface area contributed by atoms with Crippen molar-refractivity contribution in [1.29, 1.82) is 0 Å². The van der Waals surface area contributed by atoms with Crippen molar-refractivity contribution in [2.75, 3.05) is 86.5 Å². The van der Waals surface area contributed by atoms with E-state index in [1.807, 2.05) is 41.3 Å². The fourth-order valence-corrected chi connectivity index (χ4v) is 8.41. The molecule has 2 aromatic heterocycles. The van der Waals surface area contributed by atoms with Crippen LogP contribution in [0.5, 0.6) is 0 Å². The second kappa shape index (κ2) is 20.7. The smallest absolute Gasteiger partial charge is 0.254 e. The predicted octanol–water partition coefficient (Wildman–Crippen LogP) is 8.48. The Morgan fingerprint density at radius 3 is 1.59 bits per heavy atom. The van der Waals surface area contributed by atoms with Crippen LogP contribution in [0.3, 0.4) is 0 Å². The van der Waals surface area contributed by atoms with Gasteiger partial charge in [0.25, 0.3) is 11.8 Å². The highest BCUT2D eigenvalue weighted by Crippen LogP contribution is 2.37. The number of anilines is 7. The lowest BCUT2D eigenvalue weighted by atomic mass is 10.1. The number of fused-ring (bicyclic) bond motifs is 2. The van der Waals surface area contributed by atoms with Gasteiger partial charge in [0.05, 0.1) is 26.4 Å². The van der Waals surface area contributed by atoms with Gasteiger partial charge in [-0.1, -0.05) is 44.0 Å². The molecule has 0 aliphatic carbocycles. The Bertz CT molecular complexity index is 2540. The molecule has 2 saturated heterocycles. The summed E-state index contributed by atoms with van der Waals surface area (Å²) in [5.41, 5.74) is 13.4. The molecule has 17 heteroatoms. The number of rotatable bonds is 6. The number of ether oxygens (including phenoxy) is 2. The number of nitrogens with one attached hydrogen (secondary N) is 1. The lowest BCUT2D eigenvalue weighted by Gasteiger charge is -2.26. The van der Waals surface area contributed by atoms with Gasteiger partial charge in [0.2, 0.25) is 11.2 Å². The number of carbonyl (C=O) groups excluding carboxylic acids is 2. The van der Waals surface area contributed by atoms with Gasteiger partial charge in [-0.15, -0.1) is 0 Å². The molecule has 6 heterocycles.